The van der Waals surface area contributed by atoms with Gasteiger partial charge in [-0.1, -0.05) is 0 Å². The lowest BCUT2D eigenvalue weighted by atomic mass is 9.88. The molecule has 0 amide bonds. The monoisotopic (exact) mass is 218 g/mol. The Morgan fingerprint density at radius 1 is 1.58 bits per heavy atom. The van der Waals surface area contributed by atoms with E-state index < -0.39 is 17.1 Å². The molecule has 0 radical (unpaired) electrons. The molecule has 0 aromatic carbocycles. The fourth-order valence-electron chi connectivity index (χ4n) is 0.727. The lowest BCUT2D eigenvalue weighted by Crippen LogP contribution is -2.32. The topological polar surface area (TPSA) is 17.1 Å². The fourth-order valence-corrected chi connectivity index (χ4v) is 1.04. The van der Waals surface area contributed by atoms with E-state index in [1.165, 1.54) is 0 Å². The number of carbonyl (C=O) groups is 1. The van der Waals surface area contributed by atoms with E-state index >= 15 is 0 Å². The highest BCUT2D eigenvalue weighted by Crippen LogP contribution is 2.33. The van der Waals surface area contributed by atoms with Crippen LogP contribution in [0.2, 0.25) is 0 Å². The number of halogens is 4. The first-order chi connectivity index (χ1) is 5.45. The van der Waals surface area contributed by atoms with Gasteiger partial charge in [-0.15, -0.1) is 11.6 Å². The van der Waals surface area contributed by atoms with Gasteiger partial charge in [0.2, 0.25) is 5.24 Å². The molecule has 12 heavy (non-hydrogen) atoms. The molecule has 1 atom stereocenters. The number of carbonyl (C=O) groups excluding carboxylic acids is 1. The first-order valence-corrected chi connectivity index (χ1v) is 4.40. The molecule has 0 rings (SSSR count). The van der Waals surface area contributed by atoms with E-state index in [0.29, 0.717) is 6.42 Å². The molecule has 0 saturated heterocycles. The van der Waals surface area contributed by atoms with Crippen molar-refractivity contribution in [2.24, 2.45) is 5.41 Å². The third-order valence-corrected chi connectivity index (χ3v) is 2.46. The molecule has 0 heterocycles. The summed E-state index contributed by atoms with van der Waals surface area (Å²) in [5.41, 5.74) is -1.74. The molecular formula is C7H10Cl2F2O. The van der Waals surface area contributed by atoms with E-state index in [1.54, 1.807) is 0 Å². The van der Waals surface area contributed by atoms with Gasteiger partial charge in [-0.05, 0) is 31.4 Å². The molecule has 1 unspecified atom stereocenters. The summed E-state index contributed by atoms with van der Waals surface area (Å²) >= 11 is 10.4. The Balaban J connectivity index is 4.29. The zero-order valence-electron chi connectivity index (χ0n) is 6.62. The van der Waals surface area contributed by atoms with Crippen LogP contribution < -0.4 is 0 Å². The van der Waals surface area contributed by atoms with Crippen molar-refractivity contribution < 1.29 is 13.6 Å². The van der Waals surface area contributed by atoms with E-state index in [0.717, 1.165) is 6.92 Å². The van der Waals surface area contributed by atoms with Crippen molar-refractivity contribution in [1.82, 2.24) is 0 Å². The van der Waals surface area contributed by atoms with Crippen LogP contribution in [0.3, 0.4) is 0 Å². The quantitative estimate of drug-likeness (QED) is 0.513. The first-order valence-electron chi connectivity index (χ1n) is 3.49. The number of rotatable bonds is 5. The largest absolute Gasteiger partial charge is 0.280 e. The average molecular weight is 219 g/mol. The predicted octanol–water partition coefficient (Wildman–Crippen LogP) is 3.04. The van der Waals surface area contributed by atoms with E-state index in [9.17, 15) is 13.6 Å². The van der Waals surface area contributed by atoms with Gasteiger partial charge in [0.25, 0.3) is 6.43 Å². The molecule has 72 valence electrons. The van der Waals surface area contributed by atoms with Crippen LogP contribution in [0.5, 0.6) is 0 Å². The normalized spacial score (nSPS) is 16.2. The predicted molar refractivity (Wildman–Crippen MR) is 44.9 cm³/mol. The molecule has 0 bridgehead atoms. The molecule has 0 aliphatic carbocycles. The molecule has 0 N–H and O–H groups in total. The highest BCUT2D eigenvalue weighted by molar-refractivity contribution is 6.64. The maximum absolute atomic E-state index is 12.3. The van der Waals surface area contributed by atoms with Gasteiger partial charge in [0.15, 0.2) is 0 Å². The van der Waals surface area contributed by atoms with Gasteiger partial charge >= 0.3 is 0 Å². The Labute approximate surface area is 80.0 Å². The minimum atomic E-state index is -2.73. The molecule has 0 aliphatic heterocycles. The third-order valence-electron chi connectivity index (χ3n) is 1.76. The van der Waals surface area contributed by atoms with Crippen molar-refractivity contribution in [2.45, 2.75) is 26.2 Å². The Kier molecular flexibility index (Phi) is 5.02. The smallest absolute Gasteiger partial charge is 0.252 e. The second-order valence-electron chi connectivity index (χ2n) is 2.78. The van der Waals surface area contributed by atoms with E-state index in [2.05, 4.69) is 0 Å². The van der Waals surface area contributed by atoms with Crippen LogP contribution in [0.15, 0.2) is 0 Å². The van der Waals surface area contributed by atoms with E-state index in [1.807, 2.05) is 0 Å². The molecule has 0 fully saturated rings. The van der Waals surface area contributed by atoms with Crippen molar-refractivity contribution in [3.63, 3.8) is 0 Å². The minimum Gasteiger partial charge on any atom is -0.280 e. The number of hydrogen-bond acceptors (Lipinski definition) is 1. The summed E-state index contributed by atoms with van der Waals surface area (Å²) in [5.74, 6) is 0.256. The summed E-state index contributed by atoms with van der Waals surface area (Å²) in [6.07, 6.45) is -2.34. The van der Waals surface area contributed by atoms with Crippen LogP contribution in [0.4, 0.5) is 8.78 Å². The maximum Gasteiger partial charge on any atom is 0.252 e. The summed E-state index contributed by atoms with van der Waals surface area (Å²) < 4.78 is 24.6. The summed E-state index contributed by atoms with van der Waals surface area (Å²) in [6, 6.07) is 0. The van der Waals surface area contributed by atoms with Gasteiger partial charge in [-0.25, -0.2) is 8.78 Å². The SMILES string of the molecule is CC(CCCCl)(C(=O)Cl)C(F)F. The van der Waals surface area contributed by atoms with Gasteiger partial charge in [0.1, 0.15) is 5.41 Å². The Morgan fingerprint density at radius 2 is 2.08 bits per heavy atom. The summed E-state index contributed by atoms with van der Waals surface area (Å²) in [7, 11) is 0. The molecule has 5 heteroatoms. The lowest BCUT2D eigenvalue weighted by Gasteiger charge is -2.23. The highest BCUT2D eigenvalue weighted by Gasteiger charge is 2.40. The summed E-state index contributed by atoms with van der Waals surface area (Å²) in [4.78, 5) is 10.7. The fraction of sp³-hybridized carbons (Fsp3) is 0.857. The van der Waals surface area contributed by atoms with Gasteiger partial charge in [-0.2, -0.15) is 0 Å². The first kappa shape index (κ1) is 12.1. The van der Waals surface area contributed by atoms with Gasteiger partial charge in [0.05, 0.1) is 0 Å². The van der Waals surface area contributed by atoms with Crippen LogP contribution in [-0.2, 0) is 4.79 Å². The molecule has 0 aromatic rings. The lowest BCUT2D eigenvalue weighted by molar-refractivity contribution is -0.128. The molecule has 0 aliphatic rings. The Morgan fingerprint density at radius 3 is 2.33 bits per heavy atom. The minimum absolute atomic E-state index is 0.0243. The standard InChI is InChI=1S/C7H10Cl2F2O/c1-7(5(9)12,6(10)11)3-2-4-8/h6H,2-4H2,1H3. The van der Waals surface area contributed by atoms with Crippen LogP contribution in [0.1, 0.15) is 19.8 Å². The zero-order valence-corrected chi connectivity index (χ0v) is 8.13. The van der Waals surface area contributed by atoms with Crippen molar-refractivity contribution in [2.75, 3.05) is 5.88 Å². The third kappa shape index (κ3) is 2.87. The maximum atomic E-state index is 12.3. The van der Waals surface area contributed by atoms with E-state index in [4.69, 9.17) is 23.2 Å². The molecular weight excluding hydrogens is 209 g/mol. The zero-order chi connectivity index (χ0) is 9.78. The Bertz CT molecular complexity index is 163. The summed E-state index contributed by atoms with van der Waals surface area (Å²) in [6.45, 7) is 1.15. The highest BCUT2D eigenvalue weighted by atomic mass is 35.5. The van der Waals surface area contributed by atoms with Crippen molar-refractivity contribution in [3.05, 3.63) is 0 Å². The van der Waals surface area contributed by atoms with Gasteiger partial charge in [0, 0.05) is 5.88 Å². The van der Waals surface area contributed by atoms with Crippen LogP contribution >= 0.6 is 23.2 Å². The summed E-state index contributed by atoms with van der Waals surface area (Å²) in [5, 5.41) is -0.998. The van der Waals surface area contributed by atoms with Crippen LogP contribution in [0.25, 0.3) is 0 Å². The number of alkyl halides is 3. The van der Waals surface area contributed by atoms with Crippen LogP contribution in [0, 0.1) is 5.41 Å². The molecule has 1 nitrogen and oxygen atoms in total. The molecule has 0 saturated carbocycles. The van der Waals surface area contributed by atoms with Crippen molar-refractivity contribution in [3.8, 4) is 0 Å². The van der Waals surface area contributed by atoms with Crippen molar-refractivity contribution >= 4 is 28.4 Å². The molecule has 0 spiro atoms. The second-order valence-corrected chi connectivity index (χ2v) is 3.51. The van der Waals surface area contributed by atoms with E-state index in [-0.39, 0.29) is 12.3 Å². The number of hydrogen-bond donors (Lipinski definition) is 0. The second kappa shape index (κ2) is 4.97. The van der Waals surface area contributed by atoms with Gasteiger partial charge < -0.3 is 0 Å². The van der Waals surface area contributed by atoms with Gasteiger partial charge in [-0.3, -0.25) is 4.79 Å². The van der Waals surface area contributed by atoms with Crippen LogP contribution in [-0.4, -0.2) is 17.5 Å². The average Bonchev–Trinajstić information content (AvgIpc) is 1.99. The Hall–Kier alpha value is 0.110. The molecule has 0 aromatic heterocycles. The van der Waals surface area contributed by atoms with Crippen molar-refractivity contribution in [1.29, 1.82) is 0 Å².